The average molecular weight is 1180 g/mol. The van der Waals surface area contributed by atoms with Gasteiger partial charge in [0.25, 0.3) is 0 Å². The van der Waals surface area contributed by atoms with Crippen LogP contribution in [0.4, 0.5) is 0 Å². The zero-order valence-electron chi connectivity index (χ0n) is 45.8. The van der Waals surface area contributed by atoms with Crippen molar-refractivity contribution in [2.75, 3.05) is 0 Å². The monoisotopic (exact) mass is 1180 g/mol. The highest BCUT2D eigenvalue weighted by molar-refractivity contribution is 5.94. The third-order valence-electron chi connectivity index (χ3n) is 16.0. The molecule has 0 unspecified atom stereocenters. The number of rotatable bonds is 32. The number of fused-ring (bicyclic) bond motifs is 8. The Morgan fingerprint density at radius 3 is 0.512 bits per heavy atom. The van der Waals surface area contributed by atoms with Gasteiger partial charge in [-0.2, -0.15) is 0 Å². The van der Waals surface area contributed by atoms with Crippen molar-refractivity contribution in [3.8, 4) is 46.0 Å². The molecule has 16 N–H and O–H groups in total. The first-order chi connectivity index (χ1) is 39.7. The molecule has 4 aromatic rings. The van der Waals surface area contributed by atoms with E-state index in [4.69, 9.17) is 0 Å². The summed E-state index contributed by atoms with van der Waals surface area (Å²) in [6.45, 7) is 0. The quantitative estimate of drug-likeness (QED) is 0.0160. The SMILES string of the molecule is O=C(O)C(CCCCCC1c2cc(c(O)cc2O)C(CCCCCC(C(=O)O)C(=O)O)c2cc(c(O)cc2O)C(CCCCCC(C(=O)O)C(=O)O)c2cc(c(O)cc2O)C(CCCCCC(C(=O)O)C(=O)O)c2cc1c(O)cc2O)C(=O)O. The van der Waals surface area contributed by atoms with Crippen molar-refractivity contribution in [2.24, 2.45) is 23.7 Å². The van der Waals surface area contributed by atoms with E-state index in [1.54, 1.807) is 0 Å². The van der Waals surface area contributed by atoms with Crippen LogP contribution < -0.4 is 0 Å². The van der Waals surface area contributed by atoms with Gasteiger partial charge in [0.1, 0.15) is 46.0 Å². The lowest BCUT2D eigenvalue weighted by atomic mass is 9.76. The number of hydrogen-bond acceptors (Lipinski definition) is 16. The number of carboxylic acid groups (broad SMARTS) is 8. The number of aromatic hydroxyl groups is 8. The molecule has 456 valence electrons. The average Bonchev–Trinajstić information content (AvgIpc) is 2.41. The van der Waals surface area contributed by atoms with Crippen molar-refractivity contribution >= 4 is 47.8 Å². The van der Waals surface area contributed by atoms with E-state index >= 15 is 0 Å². The Labute approximate surface area is 481 Å². The Morgan fingerprint density at radius 1 is 0.238 bits per heavy atom. The third-order valence-corrected chi connectivity index (χ3v) is 16.0. The molecule has 8 bridgehead atoms. The standard InChI is InChI=1S/C60H72O24/c61-45-25-47(63)39-21-37(45)29(13-5-1-9-17-33(53(69)70)54(71)72)38-22-40(48(64)26-46(38)62)31(15-7-3-11-19-35(57(77)78)58(79)80)42-24-44(52(68)28-50(42)66)32(16-8-4-12-20-36(59(81)82)60(83)84)43-23-41(49(65)27-51(43)67)30(39)14-6-2-10-18-34(55(73)74)56(75)76/h21-36,61-68H,1-20H2,(H,69,70)(H,71,72)(H,73,74)(H,75,76)(H,77,78)(H,79,80)(H,81,82)(H,83,84). The summed E-state index contributed by atoms with van der Waals surface area (Å²) in [5.41, 5.74) is 0.398. The number of benzene rings is 4. The van der Waals surface area contributed by atoms with Gasteiger partial charge in [-0.15, -0.1) is 0 Å². The summed E-state index contributed by atoms with van der Waals surface area (Å²) in [4.78, 5) is 93.8. The van der Waals surface area contributed by atoms with Crippen molar-refractivity contribution < 1.29 is 120 Å². The predicted octanol–water partition coefficient (Wildman–Crippen LogP) is 9.12. The first kappa shape index (κ1) is 65.8. The maximum atomic E-state index is 11.9. The van der Waals surface area contributed by atoms with Crippen LogP contribution in [0.3, 0.4) is 0 Å². The lowest BCUT2D eigenvalue weighted by Gasteiger charge is -2.29. The van der Waals surface area contributed by atoms with Crippen molar-refractivity contribution in [3.05, 3.63) is 93.0 Å². The third kappa shape index (κ3) is 16.6. The van der Waals surface area contributed by atoms with Crippen LogP contribution in [0.25, 0.3) is 0 Å². The van der Waals surface area contributed by atoms with E-state index in [1.165, 1.54) is 24.3 Å². The summed E-state index contributed by atoms with van der Waals surface area (Å²) in [6.07, 6.45) is 1.02. The topological polar surface area (TPSA) is 460 Å². The summed E-state index contributed by atoms with van der Waals surface area (Å²) in [7, 11) is 0. The normalized spacial score (nSPS) is 15.8. The molecule has 5 rings (SSSR count). The van der Waals surface area contributed by atoms with Crippen LogP contribution >= 0.6 is 0 Å². The molecule has 0 saturated heterocycles. The molecular weight excluding hydrogens is 1100 g/mol. The lowest BCUT2D eigenvalue weighted by molar-refractivity contribution is -0.156. The van der Waals surface area contributed by atoms with Gasteiger partial charge in [0.15, 0.2) is 23.7 Å². The molecule has 0 aliphatic heterocycles. The molecule has 4 aromatic carbocycles. The Kier molecular flexibility index (Phi) is 23.4. The van der Waals surface area contributed by atoms with E-state index in [1.807, 2.05) is 0 Å². The summed E-state index contributed by atoms with van der Waals surface area (Å²) >= 11 is 0. The van der Waals surface area contributed by atoms with E-state index in [2.05, 4.69) is 0 Å². The fraction of sp³-hybridized carbons (Fsp3) is 0.467. The summed E-state index contributed by atoms with van der Waals surface area (Å²) < 4.78 is 0. The Hall–Kier alpha value is -8.96. The number of carbonyl (C=O) groups is 8. The van der Waals surface area contributed by atoms with Gasteiger partial charge in [-0.05, 0) is 75.6 Å². The predicted molar refractivity (Wildman–Crippen MR) is 294 cm³/mol. The van der Waals surface area contributed by atoms with Crippen LogP contribution in [0.15, 0.2) is 48.5 Å². The molecular formula is C60H72O24. The van der Waals surface area contributed by atoms with Gasteiger partial charge in [0.05, 0.1) is 0 Å². The minimum atomic E-state index is -1.71. The maximum Gasteiger partial charge on any atom is 0.317 e. The van der Waals surface area contributed by atoms with Crippen molar-refractivity contribution in [3.63, 3.8) is 0 Å². The van der Waals surface area contributed by atoms with Gasteiger partial charge >= 0.3 is 47.8 Å². The molecule has 1 aliphatic carbocycles. The number of aliphatic carboxylic acids is 8. The first-order valence-electron chi connectivity index (χ1n) is 27.7. The molecule has 1 aliphatic rings. The smallest absolute Gasteiger partial charge is 0.317 e. The highest BCUT2D eigenvalue weighted by Crippen LogP contribution is 2.53. The van der Waals surface area contributed by atoms with E-state index in [9.17, 15) is 120 Å². The van der Waals surface area contributed by atoms with Crippen LogP contribution in [0.2, 0.25) is 0 Å². The van der Waals surface area contributed by atoms with Gasteiger partial charge in [-0.1, -0.05) is 77.0 Å². The molecule has 24 nitrogen and oxygen atoms in total. The van der Waals surface area contributed by atoms with Crippen molar-refractivity contribution in [1.82, 2.24) is 0 Å². The van der Waals surface area contributed by atoms with E-state index in [-0.39, 0.29) is 173 Å². The van der Waals surface area contributed by atoms with Gasteiger partial charge in [-0.25, -0.2) is 0 Å². The van der Waals surface area contributed by atoms with Gasteiger partial charge in [0.2, 0.25) is 0 Å². The zero-order chi connectivity index (χ0) is 62.3. The second-order valence-electron chi connectivity index (χ2n) is 21.6. The molecule has 84 heavy (non-hydrogen) atoms. The maximum absolute atomic E-state index is 11.9. The highest BCUT2D eigenvalue weighted by Gasteiger charge is 2.35. The largest absolute Gasteiger partial charge is 0.508 e. The van der Waals surface area contributed by atoms with Crippen LogP contribution in [0, 0.1) is 23.7 Å². The Bertz CT molecular complexity index is 2510. The van der Waals surface area contributed by atoms with Crippen LogP contribution in [0.5, 0.6) is 46.0 Å². The van der Waals surface area contributed by atoms with Crippen LogP contribution in [-0.2, 0) is 38.4 Å². The molecule has 24 heteroatoms. The van der Waals surface area contributed by atoms with Crippen LogP contribution in [-0.4, -0.2) is 129 Å². The number of hydrogen-bond donors (Lipinski definition) is 16. The van der Waals surface area contributed by atoms with E-state index in [0.717, 1.165) is 24.3 Å². The fourth-order valence-electron chi connectivity index (χ4n) is 11.5. The number of phenolic OH excluding ortho intramolecular Hbond substituents is 8. The zero-order valence-corrected chi connectivity index (χ0v) is 45.8. The number of unbranched alkanes of at least 4 members (excludes halogenated alkanes) is 8. The number of carboxylic acids is 8. The lowest BCUT2D eigenvalue weighted by Crippen LogP contribution is -2.23. The molecule has 0 atom stereocenters. The molecule has 0 radical (unpaired) electrons. The number of phenols is 8. The summed E-state index contributed by atoms with van der Waals surface area (Å²) in [6, 6.07) is 9.73. The van der Waals surface area contributed by atoms with E-state index in [0.29, 0.717) is 0 Å². The van der Waals surface area contributed by atoms with Gasteiger partial charge in [0, 0.05) is 92.4 Å². The molecule has 0 fully saturated rings. The molecule has 0 amide bonds. The molecule has 0 spiro atoms. The van der Waals surface area contributed by atoms with Crippen LogP contribution in [0.1, 0.15) is 197 Å². The minimum Gasteiger partial charge on any atom is -0.508 e. The Morgan fingerprint density at radius 2 is 0.381 bits per heavy atom. The van der Waals surface area contributed by atoms with E-state index < -0.39 is 141 Å². The van der Waals surface area contributed by atoms with Crippen molar-refractivity contribution in [2.45, 2.75) is 152 Å². The van der Waals surface area contributed by atoms with Gasteiger partial charge < -0.3 is 81.7 Å². The highest BCUT2D eigenvalue weighted by atomic mass is 16.4. The molecule has 0 aromatic heterocycles. The second-order valence-corrected chi connectivity index (χ2v) is 21.6. The molecule has 0 heterocycles. The first-order valence-corrected chi connectivity index (χ1v) is 27.7. The van der Waals surface area contributed by atoms with Crippen molar-refractivity contribution in [1.29, 1.82) is 0 Å². The second kappa shape index (κ2) is 29.8. The minimum absolute atomic E-state index is 0.0104. The van der Waals surface area contributed by atoms with Gasteiger partial charge in [-0.3, -0.25) is 38.4 Å². The summed E-state index contributed by atoms with van der Waals surface area (Å²) in [5.74, 6) is -27.8. The summed E-state index contributed by atoms with van der Waals surface area (Å²) in [5, 5.41) is 172. The fourth-order valence-corrected chi connectivity index (χ4v) is 11.5. The Balaban J connectivity index is 1.80. The molecule has 0 saturated carbocycles.